The molecule has 1 aromatic carbocycles. The maximum absolute atomic E-state index is 10.6. The minimum atomic E-state index is 0.0560. The minimum Gasteiger partial charge on any atom is -0.494 e. The Morgan fingerprint density at radius 3 is 2.94 bits per heavy atom. The normalized spacial score (nSPS) is 18.8. The molecule has 1 atom stereocenters. The lowest BCUT2D eigenvalue weighted by Gasteiger charge is -2.22. The number of aromatic amines is 1. The number of aliphatic imine (C=N–C) groups is 1. The Labute approximate surface area is 195 Å². The van der Waals surface area contributed by atoms with Crippen LogP contribution in [0.15, 0.2) is 47.9 Å². The molecule has 3 heterocycles. The monoisotopic (exact) mass is 447 g/mol. The van der Waals surface area contributed by atoms with E-state index in [0.29, 0.717) is 17.8 Å². The van der Waals surface area contributed by atoms with Crippen LogP contribution < -0.4 is 4.74 Å². The van der Waals surface area contributed by atoms with Gasteiger partial charge in [0.15, 0.2) is 5.88 Å². The standard InChI is InChI=1S/C26H33N5O2/c1-18-9-5-4-6-13-31(3)19(2)10-8-14-33-21-12-7-11-20(15-21)27-16-22-23-24(18)28-17-29-25(23)30-26(22)32/h7,11-12,15-18,32H,2,4-6,8-10,13-14H2,1,3H3,(H,28,29,30). The fourth-order valence-corrected chi connectivity index (χ4v) is 4.28. The van der Waals surface area contributed by atoms with Crippen molar-refractivity contribution in [3.8, 4) is 11.6 Å². The molecule has 2 aromatic heterocycles. The van der Waals surface area contributed by atoms with E-state index in [9.17, 15) is 5.11 Å². The number of aromatic nitrogens is 3. The van der Waals surface area contributed by atoms with Crippen LogP contribution in [-0.4, -0.2) is 51.4 Å². The molecule has 1 aliphatic rings. The largest absolute Gasteiger partial charge is 0.494 e. The van der Waals surface area contributed by atoms with Crippen molar-refractivity contribution < 1.29 is 9.84 Å². The molecular weight excluding hydrogens is 414 g/mol. The van der Waals surface area contributed by atoms with E-state index in [1.54, 1.807) is 12.5 Å². The number of nitrogens with one attached hydrogen (secondary N) is 1. The highest BCUT2D eigenvalue weighted by molar-refractivity contribution is 6.02. The van der Waals surface area contributed by atoms with Crippen LogP contribution >= 0.6 is 0 Å². The Kier molecular flexibility index (Phi) is 7.27. The third-order valence-corrected chi connectivity index (χ3v) is 6.31. The van der Waals surface area contributed by atoms with Crippen molar-refractivity contribution in [3.63, 3.8) is 0 Å². The molecule has 2 bridgehead atoms. The predicted octanol–water partition coefficient (Wildman–Crippen LogP) is 5.70. The Bertz CT molecular complexity index is 1140. The minimum absolute atomic E-state index is 0.0560. The fourth-order valence-electron chi connectivity index (χ4n) is 4.28. The average Bonchev–Trinajstić information content (AvgIpc) is 3.14. The van der Waals surface area contributed by atoms with E-state index in [4.69, 9.17) is 4.74 Å². The van der Waals surface area contributed by atoms with Crippen molar-refractivity contribution in [1.29, 1.82) is 0 Å². The van der Waals surface area contributed by atoms with Gasteiger partial charge in [0.25, 0.3) is 0 Å². The highest BCUT2D eigenvalue weighted by Gasteiger charge is 2.19. The summed E-state index contributed by atoms with van der Waals surface area (Å²) in [4.78, 5) is 18.8. The van der Waals surface area contributed by atoms with Gasteiger partial charge in [0.1, 0.15) is 17.7 Å². The molecule has 0 radical (unpaired) electrons. The number of nitrogens with zero attached hydrogens (tertiary/aromatic N) is 4. The number of rotatable bonds is 0. The maximum Gasteiger partial charge on any atom is 0.199 e. The highest BCUT2D eigenvalue weighted by atomic mass is 16.5. The number of ether oxygens (including phenoxy) is 1. The van der Waals surface area contributed by atoms with Crippen LogP contribution in [0.1, 0.15) is 62.6 Å². The summed E-state index contributed by atoms with van der Waals surface area (Å²) >= 11 is 0. The Balaban J connectivity index is 1.65. The van der Waals surface area contributed by atoms with Crippen LogP contribution in [0.25, 0.3) is 11.0 Å². The molecule has 7 heteroatoms. The second-order valence-corrected chi connectivity index (χ2v) is 8.82. The number of aromatic hydroxyl groups is 1. The van der Waals surface area contributed by atoms with Crippen molar-refractivity contribution in [2.45, 2.75) is 51.4 Å². The molecule has 0 amide bonds. The summed E-state index contributed by atoms with van der Waals surface area (Å²) in [6.45, 7) is 8.07. The fraction of sp³-hybridized carbons (Fsp3) is 0.423. The third-order valence-electron chi connectivity index (χ3n) is 6.31. The van der Waals surface area contributed by atoms with E-state index in [1.165, 1.54) is 0 Å². The summed E-state index contributed by atoms with van der Waals surface area (Å²) in [5.74, 6) is 1.08. The lowest BCUT2D eigenvalue weighted by molar-refractivity contribution is 0.300. The van der Waals surface area contributed by atoms with E-state index in [-0.39, 0.29) is 11.8 Å². The molecule has 3 aromatic rings. The molecule has 0 saturated heterocycles. The van der Waals surface area contributed by atoms with Gasteiger partial charge in [-0.3, -0.25) is 4.99 Å². The second kappa shape index (κ2) is 10.5. The first-order valence-corrected chi connectivity index (χ1v) is 11.7. The molecule has 0 saturated carbocycles. The van der Waals surface area contributed by atoms with Crippen LogP contribution in [0.5, 0.6) is 11.6 Å². The smallest absolute Gasteiger partial charge is 0.199 e. The van der Waals surface area contributed by atoms with Crippen LogP contribution in [-0.2, 0) is 0 Å². The first-order chi connectivity index (χ1) is 16.0. The van der Waals surface area contributed by atoms with Crippen LogP contribution in [0.4, 0.5) is 5.69 Å². The van der Waals surface area contributed by atoms with Crippen molar-refractivity contribution in [3.05, 3.63) is 54.1 Å². The Hall–Kier alpha value is -3.35. The van der Waals surface area contributed by atoms with Gasteiger partial charge in [-0.1, -0.05) is 32.4 Å². The highest BCUT2D eigenvalue weighted by Crippen LogP contribution is 2.33. The van der Waals surface area contributed by atoms with Gasteiger partial charge in [-0.2, -0.15) is 0 Å². The number of fused-ring (bicyclic) bond motifs is 2. The van der Waals surface area contributed by atoms with Gasteiger partial charge in [-0.05, 0) is 43.7 Å². The second-order valence-electron chi connectivity index (χ2n) is 8.82. The number of hydrogen-bond donors (Lipinski definition) is 2. The average molecular weight is 448 g/mol. The third kappa shape index (κ3) is 5.53. The maximum atomic E-state index is 10.6. The Morgan fingerprint density at radius 2 is 2.06 bits per heavy atom. The summed E-state index contributed by atoms with van der Waals surface area (Å²) in [6, 6.07) is 7.68. The topological polar surface area (TPSA) is 86.6 Å². The van der Waals surface area contributed by atoms with Crippen LogP contribution in [0, 0.1) is 0 Å². The van der Waals surface area contributed by atoms with E-state index in [2.05, 4.69) is 45.4 Å². The van der Waals surface area contributed by atoms with E-state index in [0.717, 1.165) is 73.3 Å². The van der Waals surface area contributed by atoms with Crippen molar-refractivity contribution in [2.24, 2.45) is 4.99 Å². The molecule has 1 aliphatic heterocycles. The molecule has 7 nitrogen and oxygen atoms in total. The summed E-state index contributed by atoms with van der Waals surface area (Å²) in [5.41, 5.74) is 4.10. The lowest BCUT2D eigenvalue weighted by atomic mass is 9.96. The molecule has 4 rings (SSSR count). The number of benzene rings is 1. The summed E-state index contributed by atoms with van der Waals surface area (Å²) in [6.07, 6.45) is 9.51. The molecule has 0 spiro atoms. The van der Waals surface area contributed by atoms with Gasteiger partial charge in [0.05, 0.1) is 28.9 Å². The molecule has 2 N–H and O–H groups in total. The Morgan fingerprint density at radius 1 is 1.18 bits per heavy atom. The molecule has 174 valence electrons. The number of H-pyrrole nitrogens is 1. The summed E-state index contributed by atoms with van der Waals surface area (Å²) < 4.78 is 5.94. The quantitative estimate of drug-likeness (QED) is 0.462. The van der Waals surface area contributed by atoms with E-state index >= 15 is 0 Å². The van der Waals surface area contributed by atoms with Crippen LogP contribution in [0.2, 0.25) is 0 Å². The van der Waals surface area contributed by atoms with Gasteiger partial charge in [0, 0.05) is 31.6 Å². The lowest BCUT2D eigenvalue weighted by Crippen LogP contribution is -2.19. The van der Waals surface area contributed by atoms with Crippen molar-refractivity contribution in [2.75, 3.05) is 20.2 Å². The zero-order chi connectivity index (χ0) is 23.2. The SMILES string of the molecule is C=C1CCCOc2cccc(c2)N=Cc2c(O)[nH]c3ncnc(c23)C(C)CCCCCN1C. The van der Waals surface area contributed by atoms with Gasteiger partial charge in [-0.25, -0.2) is 9.97 Å². The van der Waals surface area contributed by atoms with Gasteiger partial charge in [-0.15, -0.1) is 0 Å². The zero-order valence-corrected chi connectivity index (χ0v) is 19.5. The van der Waals surface area contributed by atoms with Crippen molar-refractivity contribution in [1.82, 2.24) is 19.9 Å². The molecule has 0 aliphatic carbocycles. The number of allylic oxidation sites excluding steroid dienone is 1. The van der Waals surface area contributed by atoms with E-state index in [1.807, 2.05) is 24.3 Å². The summed E-state index contributed by atoms with van der Waals surface area (Å²) in [5, 5.41) is 11.4. The molecule has 0 fully saturated rings. The number of hydrogen-bond acceptors (Lipinski definition) is 6. The first kappa shape index (κ1) is 22.8. The predicted molar refractivity (Wildman–Crippen MR) is 133 cm³/mol. The molecular formula is C26H33N5O2. The zero-order valence-electron chi connectivity index (χ0n) is 19.5. The first-order valence-electron chi connectivity index (χ1n) is 11.7. The van der Waals surface area contributed by atoms with Gasteiger partial charge < -0.3 is 19.7 Å². The summed E-state index contributed by atoms with van der Waals surface area (Å²) in [7, 11) is 2.12. The molecule has 33 heavy (non-hydrogen) atoms. The van der Waals surface area contributed by atoms with Gasteiger partial charge >= 0.3 is 0 Å². The van der Waals surface area contributed by atoms with E-state index < -0.39 is 0 Å². The van der Waals surface area contributed by atoms with Crippen molar-refractivity contribution >= 4 is 22.9 Å². The van der Waals surface area contributed by atoms with Crippen LogP contribution in [0.3, 0.4) is 0 Å². The molecule has 1 unspecified atom stereocenters. The van der Waals surface area contributed by atoms with Gasteiger partial charge in [0.2, 0.25) is 0 Å².